The van der Waals surface area contributed by atoms with Crippen molar-refractivity contribution in [1.29, 1.82) is 0 Å². The van der Waals surface area contributed by atoms with Crippen molar-refractivity contribution in [3.8, 4) is 0 Å². The molecule has 19 heteroatoms. The summed E-state index contributed by atoms with van der Waals surface area (Å²) in [6, 6.07) is 0. The molecule has 0 spiro atoms. The fraction of sp³-hybridized carbons (Fsp3) is 0.946. The van der Waals surface area contributed by atoms with Gasteiger partial charge < -0.3 is 33.8 Å². The Balaban J connectivity index is 5.21. The summed E-state index contributed by atoms with van der Waals surface area (Å²) in [5.74, 6) is 0.886. The molecule has 0 aromatic rings. The normalized spacial score (nSPS) is 14.5. The second kappa shape index (κ2) is 63.5. The molecule has 93 heavy (non-hydrogen) atoms. The Kier molecular flexibility index (Phi) is 62.2. The van der Waals surface area contributed by atoms with Crippen LogP contribution in [-0.4, -0.2) is 96.7 Å². The van der Waals surface area contributed by atoms with Gasteiger partial charge in [-0.2, -0.15) is 0 Å². The first-order chi connectivity index (χ1) is 44.6. The summed E-state index contributed by atoms with van der Waals surface area (Å²) in [5.41, 5.74) is 0. The van der Waals surface area contributed by atoms with Crippen molar-refractivity contribution < 1.29 is 80.2 Å². The van der Waals surface area contributed by atoms with Gasteiger partial charge in [-0.05, 0) is 49.4 Å². The number of rotatable bonds is 71. The van der Waals surface area contributed by atoms with E-state index in [4.69, 9.17) is 37.0 Å². The van der Waals surface area contributed by atoms with E-state index in [0.717, 1.165) is 114 Å². The monoisotopic (exact) mass is 1370 g/mol. The van der Waals surface area contributed by atoms with Crippen LogP contribution >= 0.6 is 15.6 Å². The van der Waals surface area contributed by atoms with Crippen molar-refractivity contribution in [1.82, 2.24) is 0 Å². The van der Waals surface area contributed by atoms with Gasteiger partial charge in [0.15, 0.2) is 12.2 Å². The Labute approximate surface area is 568 Å². The number of carbonyl (C=O) groups excluding carboxylic acids is 4. The molecule has 0 amide bonds. The van der Waals surface area contributed by atoms with Crippen molar-refractivity contribution in [2.45, 2.75) is 388 Å². The third-order valence-electron chi connectivity index (χ3n) is 17.4. The second-order valence-corrected chi connectivity index (χ2v) is 31.3. The zero-order valence-corrected chi connectivity index (χ0v) is 62.7. The Morgan fingerprint density at radius 1 is 0.301 bits per heavy atom. The van der Waals surface area contributed by atoms with Gasteiger partial charge in [-0.15, -0.1) is 0 Å². The van der Waals surface area contributed by atoms with E-state index in [1.807, 2.05) is 0 Å². The summed E-state index contributed by atoms with van der Waals surface area (Å²) in [5, 5.41) is 10.6. The number of ether oxygens (including phenoxy) is 4. The number of phosphoric acid groups is 2. The fourth-order valence-corrected chi connectivity index (χ4v) is 12.7. The van der Waals surface area contributed by atoms with Crippen LogP contribution in [0.25, 0.3) is 0 Å². The lowest BCUT2D eigenvalue weighted by Crippen LogP contribution is -2.30. The Hall–Kier alpha value is -1.94. The van der Waals surface area contributed by atoms with Crippen LogP contribution < -0.4 is 0 Å². The molecule has 3 unspecified atom stereocenters. The first kappa shape index (κ1) is 91.1. The van der Waals surface area contributed by atoms with E-state index in [1.165, 1.54) is 167 Å². The summed E-state index contributed by atoms with van der Waals surface area (Å²) in [6.45, 7) is 14.1. The summed E-state index contributed by atoms with van der Waals surface area (Å²) in [7, 11) is -9.91. The average molecular weight is 1370 g/mol. The molecule has 0 heterocycles. The first-order valence-electron chi connectivity index (χ1n) is 38.2. The van der Waals surface area contributed by atoms with Crippen molar-refractivity contribution >= 4 is 39.5 Å². The molecule has 0 fully saturated rings. The highest BCUT2D eigenvalue weighted by Gasteiger charge is 2.30. The van der Waals surface area contributed by atoms with E-state index >= 15 is 0 Å². The molecule has 0 saturated carbocycles. The second-order valence-electron chi connectivity index (χ2n) is 28.4. The van der Waals surface area contributed by atoms with E-state index < -0.39 is 97.5 Å². The summed E-state index contributed by atoms with van der Waals surface area (Å²) >= 11 is 0. The van der Waals surface area contributed by atoms with Crippen LogP contribution in [0.3, 0.4) is 0 Å². The van der Waals surface area contributed by atoms with Gasteiger partial charge in [-0.1, -0.05) is 319 Å². The quantitative estimate of drug-likeness (QED) is 0.0222. The molecule has 552 valence electrons. The fourth-order valence-electron chi connectivity index (χ4n) is 11.2. The number of hydrogen-bond acceptors (Lipinski definition) is 15. The molecule has 0 saturated heterocycles. The molecule has 0 aromatic heterocycles. The van der Waals surface area contributed by atoms with Crippen LogP contribution in [0.15, 0.2) is 0 Å². The van der Waals surface area contributed by atoms with Gasteiger partial charge in [0.2, 0.25) is 0 Å². The zero-order chi connectivity index (χ0) is 68.9. The number of aliphatic hydroxyl groups is 1. The smallest absolute Gasteiger partial charge is 0.462 e. The Bertz CT molecular complexity index is 1840. The molecule has 17 nitrogen and oxygen atoms in total. The lowest BCUT2D eigenvalue weighted by atomic mass is 10.00. The van der Waals surface area contributed by atoms with Gasteiger partial charge in [-0.3, -0.25) is 37.3 Å². The minimum atomic E-state index is -4.95. The van der Waals surface area contributed by atoms with Crippen LogP contribution in [0.5, 0.6) is 0 Å². The van der Waals surface area contributed by atoms with Gasteiger partial charge >= 0.3 is 39.5 Å². The maximum Gasteiger partial charge on any atom is 0.472 e. The third-order valence-corrected chi connectivity index (χ3v) is 19.3. The number of esters is 4. The number of carbonyl (C=O) groups is 4. The van der Waals surface area contributed by atoms with E-state index in [1.54, 1.807) is 0 Å². The van der Waals surface area contributed by atoms with Crippen molar-refractivity contribution in [2.75, 3.05) is 39.6 Å². The molecule has 6 atom stereocenters. The van der Waals surface area contributed by atoms with Gasteiger partial charge in [0.05, 0.1) is 26.4 Å². The molecular formula is C74H144O17P2. The molecule has 0 aliphatic heterocycles. The molecule has 0 radical (unpaired) electrons. The summed E-state index contributed by atoms with van der Waals surface area (Å²) < 4.78 is 68.4. The first-order valence-corrected chi connectivity index (χ1v) is 41.2. The van der Waals surface area contributed by atoms with E-state index in [0.29, 0.717) is 31.6 Å². The van der Waals surface area contributed by atoms with Crippen LogP contribution in [0.4, 0.5) is 0 Å². The standard InChI is InChI=1S/C74H144O17P2/c1-9-67(8)53-45-37-32-33-39-47-55-72(77)85-61-70(90-73(78)56-48-40-30-24-20-15-11-10-13-17-21-26-34-42-50-64(2)3)63-89-93(82,83)87-59-68(75)58-86-92(80,81)88-62-69(91-74(79)57-49-41-31-25-28-36-44-52-66(6)7)60-84-71(76)54-46-38-29-23-19-16-12-14-18-22-27-35-43-51-65(4)5/h64-70,75H,9-63H2,1-8H3,(H,80,81)(H,82,83)/t67?,68-,69-,70-/m1/s1. The molecule has 0 bridgehead atoms. The SMILES string of the molecule is CCC(C)CCCCCCCCC(=O)OC[C@H](COP(=O)(O)OC[C@H](O)COP(=O)(O)OC[C@@H](COC(=O)CCCCCCCCCCCCCCCC(C)C)OC(=O)CCCCCCCCCC(C)C)OC(=O)CCCCCCCCCCCCCCCCC(C)C. The minimum absolute atomic E-state index is 0.103. The van der Waals surface area contributed by atoms with Crippen molar-refractivity contribution in [2.24, 2.45) is 23.7 Å². The van der Waals surface area contributed by atoms with Crippen molar-refractivity contribution in [3.05, 3.63) is 0 Å². The van der Waals surface area contributed by atoms with Gasteiger partial charge in [0.1, 0.15) is 19.3 Å². The average Bonchev–Trinajstić information content (AvgIpc) is 2.15. The van der Waals surface area contributed by atoms with Gasteiger partial charge in [0.25, 0.3) is 0 Å². The highest BCUT2D eigenvalue weighted by Crippen LogP contribution is 2.45. The molecule has 0 aliphatic rings. The Morgan fingerprint density at radius 3 is 0.763 bits per heavy atom. The maximum absolute atomic E-state index is 13.0. The van der Waals surface area contributed by atoms with Crippen molar-refractivity contribution in [3.63, 3.8) is 0 Å². The summed E-state index contributed by atoms with van der Waals surface area (Å²) in [6.07, 6.45) is 47.3. The van der Waals surface area contributed by atoms with Crippen LogP contribution in [0.1, 0.15) is 370 Å². The third kappa shape index (κ3) is 67.0. The van der Waals surface area contributed by atoms with Crippen LogP contribution in [0, 0.1) is 23.7 Å². The predicted octanol–water partition coefficient (Wildman–Crippen LogP) is 21.3. The topological polar surface area (TPSA) is 237 Å². The van der Waals surface area contributed by atoms with E-state index in [2.05, 4.69) is 55.4 Å². The maximum atomic E-state index is 13.0. The molecular weight excluding hydrogens is 1220 g/mol. The largest absolute Gasteiger partial charge is 0.472 e. The lowest BCUT2D eigenvalue weighted by Gasteiger charge is -2.21. The van der Waals surface area contributed by atoms with Crippen LogP contribution in [-0.2, 0) is 65.4 Å². The highest BCUT2D eigenvalue weighted by atomic mass is 31.2. The predicted molar refractivity (Wildman–Crippen MR) is 377 cm³/mol. The van der Waals surface area contributed by atoms with Gasteiger partial charge in [-0.25, -0.2) is 9.13 Å². The lowest BCUT2D eigenvalue weighted by molar-refractivity contribution is -0.161. The molecule has 3 N–H and O–H groups in total. The Morgan fingerprint density at radius 2 is 0.516 bits per heavy atom. The number of unbranched alkanes of at least 4 members (excludes halogenated alkanes) is 36. The van der Waals surface area contributed by atoms with Crippen LogP contribution in [0.2, 0.25) is 0 Å². The number of aliphatic hydroxyl groups excluding tert-OH is 1. The van der Waals surface area contributed by atoms with E-state index in [9.17, 15) is 43.2 Å². The zero-order valence-electron chi connectivity index (χ0n) is 60.9. The van der Waals surface area contributed by atoms with E-state index in [-0.39, 0.29) is 25.7 Å². The minimum Gasteiger partial charge on any atom is -0.462 e. The molecule has 0 aliphatic carbocycles. The highest BCUT2D eigenvalue weighted by molar-refractivity contribution is 7.47. The molecule has 0 rings (SSSR count). The molecule has 0 aromatic carbocycles. The number of phosphoric ester groups is 2. The number of hydrogen-bond donors (Lipinski definition) is 3. The van der Waals surface area contributed by atoms with Gasteiger partial charge in [0, 0.05) is 25.7 Å². The summed E-state index contributed by atoms with van der Waals surface area (Å²) in [4.78, 5) is 72.7.